The van der Waals surface area contributed by atoms with E-state index in [2.05, 4.69) is 35.6 Å². The van der Waals surface area contributed by atoms with Gasteiger partial charge in [0.15, 0.2) is 0 Å². The van der Waals surface area contributed by atoms with Crippen LogP contribution in [0.15, 0.2) is 48.5 Å². The molecule has 0 spiro atoms. The highest BCUT2D eigenvalue weighted by atomic mass is 16.5. The first kappa shape index (κ1) is 16.0. The number of hydrogen-bond donors (Lipinski definition) is 2. The minimum absolute atomic E-state index is 0.00724. The molecule has 0 amide bonds. The van der Waals surface area contributed by atoms with Crippen molar-refractivity contribution < 1.29 is 9.84 Å². The van der Waals surface area contributed by atoms with Crippen LogP contribution in [0.4, 0.5) is 0 Å². The third kappa shape index (κ3) is 3.57. The molecule has 1 aliphatic carbocycles. The molecule has 3 nitrogen and oxygen atoms in total. The van der Waals surface area contributed by atoms with Crippen molar-refractivity contribution in [1.29, 1.82) is 0 Å². The van der Waals surface area contributed by atoms with E-state index in [0.29, 0.717) is 5.92 Å². The molecule has 23 heavy (non-hydrogen) atoms. The van der Waals surface area contributed by atoms with Crippen LogP contribution < -0.4 is 10.1 Å². The summed E-state index contributed by atoms with van der Waals surface area (Å²) in [5.41, 5.74) is 3.89. The number of rotatable bonds is 6. The van der Waals surface area contributed by atoms with Crippen molar-refractivity contribution in [1.82, 2.24) is 5.32 Å². The van der Waals surface area contributed by atoms with Gasteiger partial charge < -0.3 is 15.2 Å². The second-order valence-electron chi connectivity index (χ2n) is 6.17. The Balaban J connectivity index is 1.72. The Hall–Kier alpha value is -1.84. The first-order valence-electron chi connectivity index (χ1n) is 8.38. The van der Waals surface area contributed by atoms with Crippen molar-refractivity contribution in [3.63, 3.8) is 0 Å². The second kappa shape index (κ2) is 7.62. The summed E-state index contributed by atoms with van der Waals surface area (Å²) >= 11 is 0. The summed E-state index contributed by atoms with van der Waals surface area (Å²) in [6.45, 7) is 0.988. The van der Waals surface area contributed by atoms with Crippen LogP contribution in [-0.4, -0.2) is 25.4 Å². The Morgan fingerprint density at radius 1 is 1.17 bits per heavy atom. The molecule has 2 aromatic rings. The minimum Gasteiger partial charge on any atom is -0.496 e. The van der Waals surface area contributed by atoms with E-state index >= 15 is 0 Å². The molecule has 3 rings (SSSR count). The van der Waals surface area contributed by atoms with Crippen LogP contribution in [-0.2, 0) is 6.42 Å². The van der Waals surface area contributed by atoms with Gasteiger partial charge in [0.1, 0.15) is 5.75 Å². The van der Waals surface area contributed by atoms with Crippen molar-refractivity contribution in [3.05, 3.63) is 65.2 Å². The molecule has 2 aromatic carbocycles. The van der Waals surface area contributed by atoms with Gasteiger partial charge in [-0.3, -0.25) is 0 Å². The molecular weight excluding hydrogens is 286 g/mol. The number of aliphatic hydroxyl groups is 1. The van der Waals surface area contributed by atoms with Gasteiger partial charge in [0.2, 0.25) is 0 Å². The lowest BCUT2D eigenvalue weighted by atomic mass is 9.82. The molecule has 0 saturated carbocycles. The maximum Gasteiger partial charge on any atom is 0.122 e. The Bertz CT molecular complexity index is 627. The van der Waals surface area contributed by atoms with E-state index in [0.717, 1.165) is 24.3 Å². The molecule has 0 bridgehead atoms. The highest BCUT2D eigenvalue weighted by Gasteiger charge is 2.23. The number of hydrogen-bond acceptors (Lipinski definition) is 3. The predicted molar refractivity (Wildman–Crippen MR) is 92.9 cm³/mol. The van der Waals surface area contributed by atoms with Gasteiger partial charge >= 0.3 is 0 Å². The highest BCUT2D eigenvalue weighted by Crippen LogP contribution is 2.36. The summed E-state index contributed by atoms with van der Waals surface area (Å²) in [6.07, 6.45) is 3.47. The van der Waals surface area contributed by atoms with Crippen molar-refractivity contribution in [2.75, 3.05) is 20.3 Å². The quantitative estimate of drug-likeness (QED) is 0.858. The predicted octanol–water partition coefficient (Wildman–Crippen LogP) is 3.44. The molecule has 3 heteroatoms. The van der Waals surface area contributed by atoms with Gasteiger partial charge in [-0.25, -0.2) is 0 Å². The summed E-state index contributed by atoms with van der Waals surface area (Å²) in [4.78, 5) is 0. The van der Waals surface area contributed by atoms with E-state index in [1.54, 1.807) is 7.11 Å². The van der Waals surface area contributed by atoms with Crippen LogP contribution in [0.3, 0.4) is 0 Å². The summed E-state index contributed by atoms with van der Waals surface area (Å²) in [5.74, 6) is 1.49. The molecule has 2 atom stereocenters. The average Bonchev–Trinajstić information content (AvgIpc) is 2.62. The van der Waals surface area contributed by atoms with E-state index in [4.69, 9.17) is 4.74 Å². The molecule has 1 aliphatic rings. The molecule has 2 N–H and O–H groups in total. The Morgan fingerprint density at radius 2 is 2.00 bits per heavy atom. The zero-order valence-corrected chi connectivity index (χ0v) is 13.7. The molecule has 0 heterocycles. The zero-order valence-electron chi connectivity index (χ0n) is 13.7. The Labute approximate surface area is 138 Å². The van der Waals surface area contributed by atoms with Crippen molar-refractivity contribution in [2.45, 2.75) is 31.2 Å². The number of methoxy groups -OCH3 is 1. The molecule has 0 unspecified atom stereocenters. The third-order valence-electron chi connectivity index (χ3n) is 4.80. The number of ether oxygens (including phenoxy) is 1. The fraction of sp³-hybridized carbons (Fsp3) is 0.400. The van der Waals surface area contributed by atoms with Crippen LogP contribution in [0.2, 0.25) is 0 Å². The van der Waals surface area contributed by atoms with Crippen LogP contribution in [0.1, 0.15) is 41.5 Å². The Morgan fingerprint density at radius 3 is 2.74 bits per heavy atom. The number of benzene rings is 2. The lowest BCUT2D eigenvalue weighted by molar-refractivity contribution is 0.241. The minimum atomic E-state index is -0.00724. The van der Waals surface area contributed by atoms with Crippen LogP contribution in [0.5, 0.6) is 5.75 Å². The summed E-state index contributed by atoms with van der Waals surface area (Å²) in [7, 11) is 1.74. The van der Waals surface area contributed by atoms with Gasteiger partial charge in [-0.15, -0.1) is 0 Å². The molecule has 122 valence electrons. The van der Waals surface area contributed by atoms with Gasteiger partial charge in [-0.2, -0.15) is 0 Å². The van der Waals surface area contributed by atoms with Gasteiger partial charge in [-0.1, -0.05) is 42.5 Å². The van der Waals surface area contributed by atoms with Crippen LogP contribution in [0.25, 0.3) is 0 Å². The lowest BCUT2D eigenvalue weighted by Gasteiger charge is -2.28. The molecule has 0 aromatic heterocycles. The fourth-order valence-corrected chi connectivity index (χ4v) is 3.57. The van der Waals surface area contributed by atoms with Crippen molar-refractivity contribution >= 4 is 0 Å². The van der Waals surface area contributed by atoms with Gasteiger partial charge in [0, 0.05) is 6.54 Å². The maximum atomic E-state index is 9.70. The number of aliphatic hydroxyl groups excluding tert-OH is 1. The van der Waals surface area contributed by atoms with E-state index < -0.39 is 0 Å². The van der Waals surface area contributed by atoms with Crippen molar-refractivity contribution in [2.24, 2.45) is 0 Å². The monoisotopic (exact) mass is 311 g/mol. The van der Waals surface area contributed by atoms with Gasteiger partial charge in [-0.05, 0) is 47.9 Å². The maximum absolute atomic E-state index is 9.70. The largest absolute Gasteiger partial charge is 0.496 e. The first-order valence-corrected chi connectivity index (χ1v) is 8.38. The van der Waals surface area contributed by atoms with Crippen LogP contribution >= 0.6 is 0 Å². The lowest BCUT2D eigenvalue weighted by Crippen LogP contribution is -2.30. The highest BCUT2D eigenvalue weighted by molar-refractivity contribution is 5.43. The zero-order chi connectivity index (χ0) is 16.1. The SMILES string of the molecule is COc1cccc2c1CCC[C@@H]2CN[C@@H](CO)c1ccccc1. The van der Waals surface area contributed by atoms with Gasteiger partial charge in [0.05, 0.1) is 19.8 Å². The topological polar surface area (TPSA) is 41.5 Å². The standard InChI is InChI=1S/C20H25NO2/c1-23-20-12-6-10-17-16(9-5-11-18(17)20)13-21-19(14-22)15-7-3-2-4-8-15/h2-4,6-8,10,12,16,19,21-22H,5,9,11,13-14H2,1H3/t16-,19+/m1/s1. The van der Waals surface area contributed by atoms with E-state index in [-0.39, 0.29) is 12.6 Å². The molecular formula is C20H25NO2. The second-order valence-corrected chi connectivity index (χ2v) is 6.17. The third-order valence-corrected chi connectivity index (χ3v) is 4.80. The summed E-state index contributed by atoms with van der Waals surface area (Å²) in [5, 5.41) is 13.2. The average molecular weight is 311 g/mol. The number of nitrogens with one attached hydrogen (secondary N) is 1. The Kier molecular flexibility index (Phi) is 5.31. The van der Waals surface area contributed by atoms with Crippen molar-refractivity contribution in [3.8, 4) is 5.75 Å². The van der Waals surface area contributed by atoms with Gasteiger partial charge in [0.25, 0.3) is 0 Å². The molecule has 0 aliphatic heterocycles. The van der Waals surface area contributed by atoms with Crippen LogP contribution in [0, 0.1) is 0 Å². The fourth-order valence-electron chi connectivity index (χ4n) is 3.57. The summed E-state index contributed by atoms with van der Waals surface area (Å²) < 4.78 is 5.52. The summed E-state index contributed by atoms with van der Waals surface area (Å²) in [6, 6.07) is 16.5. The van der Waals surface area contributed by atoms with E-state index in [1.807, 2.05) is 18.2 Å². The molecule has 0 saturated heterocycles. The van der Waals surface area contributed by atoms with E-state index in [9.17, 15) is 5.11 Å². The smallest absolute Gasteiger partial charge is 0.122 e. The normalized spacial score (nSPS) is 18.3. The molecule has 0 radical (unpaired) electrons. The number of fused-ring (bicyclic) bond motifs is 1. The first-order chi connectivity index (χ1) is 11.3. The van der Waals surface area contributed by atoms with E-state index in [1.165, 1.54) is 24.0 Å². The molecule has 0 fully saturated rings.